The van der Waals surface area contributed by atoms with Crippen LogP contribution in [0.15, 0.2) is 16.7 Å². The maximum Gasteiger partial charge on any atom is 0.341 e. The van der Waals surface area contributed by atoms with Gasteiger partial charge in [-0.05, 0) is 19.4 Å². The quantitative estimate of drug-likeness (QED) is 0.811. The molecule has 1 aliphatic carbocycles. The molecule has 0 spiro atoms. The Morgan fingerprint density at radius 1 is 1.55 bits per heavy atom. The lowest BCUT2D eigenvalue weighted by molar-refractivity contribution is -0.114. The topological polar surface area (TPSA) is 60.7 Å². The van der Waals surface area contributed by atoms with Gasteiger partial charge in [-0.2, -0.15) is 0 Å². The molecule has 1 aliphatic rings. The highest BCUT2D eigenvalue weighted by Crippen LogP contribution is 2.42. The van der Waals surface area contributed by atoms with E-state index in [0.29, 0.717) is 24.3 Å². The molecule has 1 N–H and O–H groups in total. The van der Waals surface area contributed by atoms with E-state index in [9.17, 15) is 4.79 Å². The van der Waals surface area contributed by atoms with Crippen LogP contribution in [0.1, 0.15) is 43.3 Å². The van der Waals surface area contributed by atoms with E-state index in [0.717, 1.165) is 18.8 Å². The first-order valence-electron chi connectivity index (χ1n) is 6.99. The van der Waals surface area contributed by atoms with E-state index in [1.54, 1.807) is 6.07 Å². The Hall–Kier alpha value is -1.33. The zero-order valence-corrected chi connectivity index (χ0v) is 12.6. The fourth-order valence-electron chi connectivity index (χ4n) is 2.64. The maximum absolute atomic E-state index is 11.3. The average molecular weight is 281 g/mol. The number of methoxy groups -OCH3 is 1. The van der Waals surface area contributed by atoms with Crippen molar-refractivity contribution < 1.29 is 18.7 Å². The van der Waals surface area contributed by atoms with Gasteiger partial charge in [-0.3, -0.25) is 0 Å². The Balaban J connectivity index is 1.84. The number of hydrogen-bond donors (Lipinski definition) is 1. The summed E-state index contributed by atoms with van der Waals surface area (Å²) in [6.45, 7) is 7.78. The highest BCUT2D eigenvalue weighted by molar-refractivity contribution is 5.88. The molecule has 2 unspecified atom stereocenters. The molecule has 112 valence electrons. The monoisotopic (exact) mass is 281 g/mol. The fraction of sp³-hybridized carbons (Fsp3) is 0.667. The summed E-state index contributed by atoms with van der Waals surface area (Å²) in [6.07, 6.45) is 2.75. The highest BCUT2D eigenvalue weighted by atomic mass is 16.5. The molecule has 0 aromatic carbocycles. The number of carbonyl (C=O) groups excluding carboxylic acids is 1. The van der Waals surface area contributed by atoms with Crippen LogP contribution in [-0.4, -0.2) is 31.8 Å². The van der Waals surface area contributed by atoms with E-state index in [-0.39, 0.29) is 11.4 Å². The summed E-state index contributed by atoms with van der Waals surface area (Å²) in [6, 6.07) is 2.11. The minimum atomic E-state index is -0.375. The average Bonchev–Trinajstić information content (AvgIpc) is 2.90. The van der Waals surface area contributed by atoms with Crippen molar-refractivity contribution in [3.05, 3.63) is 23.7 Å². The van der Waals surface area contributed by atoms with Gasteiger partial charge in [0.1, 0.15) is 12.0 Å². The maximum atomic E-state index is 11.3. The molecular formula is C15H23NO4. The van der Waals surface area contributed by atoms with E-state index < -0.39 is 0 Å². The molecule has 1 aromatic heterocycles. The van der Waals surface area contributed by atoms with E-state index in [1.807, 2.05) is 6.92 Å². The summed E-state index contributed by atoms with van der Waals surface area (Å²) in [5.74, 6) is 0.362. The standard InChI is InChI=1S/C15H23NO4/c1-5-19-13-7-12(15(13,2)3)16-8-11-6-10(9-20-11)14(17)18-4/h6,9,12-13,16H,5,7-8H2,1-4H3. The molecule has 0 radical (unpaired) electrons. The number of furan rings is 1. The minimum absolute atomic E-state index is 0.119. The number of hydrogen-bond acceptors (Lipinski definition) is 5. The van der Waals surface area contributed by atoms with Crippen molar-refractivity contribution in [1.29, 1.82) is 0 Å². The summed E-state index contributed by atoms with van der Waals surface area (Å²) in [4.78, 5) is 11.3. The van der Waals surface area contributed by atoms with Crippen molar-refractivity contribution in [1.82, 2.24) is 5.32 Å². The van der Waals surface area contributed by atoms with Crippen molar-refractivity contribution in [2.75, 3.05) is 13.7 Å². The second kappa shape index (κ2) is 5.97. The van der Waals surface area contributed by atoms with Crippen LogP contribution in [0.4, 0.5) is 0 Å². The van der Waals surface area contributed by atoms with Crippen LogP contribution < -0.4 is 5.32 Å². The van der Waals surface area contributed by atoms with Crippen LogP contribution in [0.5, 0.6) is 0 Å². The third-order valence-electron chi connectivity index (χ3n) is 4.14. The Morgan fingerprint density at radius 3 is 2.90 bits per heavy atom. The first kappa shape index (κ1) is 15.1. The molecule has 2 atom stereocenters. The van der Waals surface area contributed by atoms with E-state index in [2.05, 4.69) is 23.9 Å². The Bertz CT molecular complexity index is 466. The van der Waals surface area contributed by atoms with Gasteiger partial charge in [0.2, 0.25) is 0 Å². The second-order valence-electron chi connectivity index (χ2n) is 5.73. The number of carbonyl (C=O) groups is 1. The third kappa shape index (κ3) is 2.88. The highest BCUT2D eigenvalue weighted by Gasteiger charge is 2.48. The van der Waals surface area contributed by atoms with Crippen molar-refractivity contribution in [2.45, 2.75) is 45.9 Å². The normalized spacial score (nSPS) is 24.2. The lowest BCUT2D eigenvalue weighted by atomic mass is 9.64. The van der Waals surface area contributed by atoms with E-state index >= 15 is 0 Å². The molecule has 0 saturated heterocycles. The molecular weight excluding hydrogens is 258 g/mol. The number of nitrogens with one attached hydrogen (secondary N) is 1. The molecule has 1 heterocycles. The molecule has 1 fully saturated rings. The first-order valence-corrected chi connectivity index (χ1v) is 6.99. The molecule has 5 nitrogen and oxygen atoms in total. The van der Waals surface area contributed by atoms with Gasteiger partial charge < -0.3 is 19.2 Å². The third-order valence-corrected chi connectivity index (χ3v) is 4.14. The second-order valence-corrected chi connectivity index (χ2v) is 5.73. The van der Waals surface area contributed by atoms with Crippen LogP contribution in [0, 0.1) is 5.41 Å². The summed E-state index contributed by atoms with van der Waals surface area (Å²) >= 11 is 0. The zero-order chi connectivity index (χ0) is 14.8. The number of rotatable bonds is 6. The van der Waals surface area contributed by atoms with Gasteiger partial charge in [-0.1, -0.05) is 13.8 Å². The van der Waals surface area contributed by atoms with Gasteiger partial charge in [0.05, 0.1) is 25.3 Å². The van der Waals surface area contributed by atoms with Crippen LogP contribution in [0.3, 0.4) is 0 Å². The Kier molecular flexibility index (Phi) is 4.50. The van der Waals surface area contributed by atoms with E-state index in [1.165, 1.54) is 13.4 Å². The lowest BCUT2D eigenvalue weighted by Gasteiger charge is -2.51. The smallest absolute Gasteiger partial charge is 0.341 e. The minimum Gasteiger partial charge on any atom is -0.467 e. The zero-order valence-electron chi connectivity index (χ0n) is 12.6. The molecule has 0 aliphatic heterocycles. The van der Waals surface area contributed by atoms with Gasteiger partial charge in [-0.15, -0.1) is 0 Å². The Morgan fingerprint density at radius 2 is 2.30 bits per heavy atom. The molecule has 0 bridgehead atoms. The first-order chi connectivity index (χ1) is 9.48. The van der Waals surface area contributed by atoms with Crippen molar-refractivity contribution in [3.63, 3.8) is 0 Å². The van der Waals surface area contributed by atoms with Crippen LogP contribution in [-0.2, 0) is 16.0 Å². The summed E-state index contributed by atoms with van der Waals surface area (Å²) in [7, 11) is 1.36. The van der Waals surface area contributed by atoms with Crippen LogP contribution in [0.25, 0.3) is 0 Å². The van der Waals surface area contributed by atoms with Gasteiger partial charge in [0.25, 0.3) is 0 Å². The van der Waals surface area contributed by atoms with Gasteiger partial charge in [-0.25, -0.2) is 4.79 Å². The van der Waals surface area contributed by atoms with Gasteiger partial charge in [0, 0.05) is 18.1 Å². The fourth-order valence-corrected chi connectivity index (χ4v) is 2.64. The number of ether oxygens (including phenoxy) is 2. The molecule has 5 heteroatoms. The predicted molar refractivity (Wildman–Crippen MR) is 74.5 cm³/mol. The van der Waals surface area contributed by atoms with E-state index in [4.69, 9.17) is 9.15 Å². The van der Waals surface area contributed by atoms with Crippen molar-refractivity contribution in [2.24, 2.45) is 5.41 Å². The van der Waals surface area contributed by atoms with Crippen molar-refractivity contribution in [3.8, 4) is 0 Å². The summed E-state index contributed by atoms with van der Waals surface area (Å²) in [5.41, 5.74) is 0.567. The molecule has 20 heavy (non-hydrogen) atoms. The van der Waals surface area contributed by atoms with Crippen LogP contribution in [0.2, 0.25) is 0 Å². The molecule has 2 rings (SSSR count). The lowest BCUT2D eigenvalue weighted by Crippen LogP contribution is -2.60. The molecule has 1 aromatic rings. The van der Waals surface area contributed by atoms with Crippen LogP contribution >= 0.6 is 0 Å². The Labute approximate surface area is 119 Å². The molecule has 0 amide bonds. The van der Waals surface area contributed by atoms with Gasteiger partial charge >= 0.3 is 5.97 Å². The largest absolute Gasteiger partial charge is 0.467 e. The summed E-state index contributed by atoms with van der Waals surface area (Å²) < 4.78 is 15.7. The predicted octanol–water partition coefficient (Wildman–Crippen LogP) is 2.36. The van der Waals surface area contributed by atoms with Gasteiger partial charge in [0.15, 0.2) is 0 Å². The SMILES string of the molecule is CCOC1CC(NCc2cc(C(=O)OC)co2)C1(C)C. The number of esters is 1. The molecule has 1 saturated carbocycles. The summed E-state index contributed by atoms with van der Waals surface area (Å²) in [5, 5.41) is 3.46. The van der Waals surface area contributed by atoms with Crippen molar-refractivity contribution >= 4 is 5.97 Å².